The molecule has 0 saturated carbocycles. The molecule has 7 heteroatoms. The van der Waals surface area contributed by atoms with E-state index >= 15 is 0 Å². The van der Waals surface area contributed by atoms with Gasteiger partial charge in [0.25, 0.3) is 0 Å². The monoisotopic (exact) mass is 512 g/mol. The molecule has 0 aliphatic carbocycles. The second kappa shape index (κ2) is 11.3. The lowest BCUT2D eigenvalue weighted by Crippen LogP contribution is -2.36. The minimum absolute atomic E-state index is 0. The Morgan fingerprint density at radius 1 is 1.07 bits per heavy atom. The summed E-state index contributed by atoms with van der Waals surface area (Å²) in [5, 5.41) is 7.32. The molecule has 1 aliphatic heterocycles. The van der Waals surface area contributed by atoms with Crippen LogP contribution < -0.4 is 10.6 Å². The molecule has 1 saturated heterocycles. The zero-order chi connectivity index (χ0) is 19.1. The maximum atomic E-state index is 11.7. The van der Waals surface area contributed by atoms with Gasteiger partial charge in [-0.1, -0.05) is 54.1 Å². The summed E-state index contributed by atoms with van der Waals surface area (Å²) in [7, 11) is 1.75. The van der Waals surface area contributed by atoms with E-state index < -0.39 is 0 Å². The zero-order valence-electron chi connectivity index (χ0n) is 16.0. The van der Waals surface area contributed by atoms with E-state index in [0.717, 1.165) is 40.6 Å². The molecule has 5 nitrogen and oxygen atoms in total. The van der Waals surface area contributed by atoms with Crippen LogP contribution in [0.4, 0.5) is 0 Å². The summed E-state index contributed by atoms with van der Waals surface area (Å²) in [6, 6.07) is 16.1. The van der Waals surface area contributed by atoms with Crippen molar-refractivity contribution in [3.8, 4) is 0 Å². The highest BCUT2D eigenvalue weighted by Gasteiger charge is 2.19. The van der Waals surface area contributed by atoms with Crippen LogP contribution in [0.25, 0.3) is 0 Å². The van der Waals surface area contributed by atoms with E-state index in [1.165, 1.54) is 0 Å². The number of nitrogens with one attached hydrogen (secondary N) is 2. The third-order valence-corrected chi connectivity index (χ3v) is 5.02. The van der Waals surface area contributed by atoms with E-state index in [0.29, 0.717) is 26.1 Å². The van der Waals surface area contributed by atoms with Crippen LogP contribution in [-0.4, -0.2) is 30.4 Å². The van der Waals surface area contributed by atoms with Crippen LogP contribution in [-0.2, 0) is 24.4 Å². The molecular weight excluding hydrogens is 487 g/mol. The SMILES string of the molecule is CN=C(NCc1ccc(CN2CCCC2=O)cc1)NCc1ccccc1Cl.I. The second-order valence-corrected chi connectivity index (χ2v) is 7.01. The molecule has 150 valence electrons. The lowest BCUT2D eigenvalue weighted by atomic mass is 10.1. The van der Waals surface area contributed by atoms with E-state index in [9.17, 15) is 4.79 Å². The molecule has 2 aromatic carbocycles. The molecule has 2 N–H and O–H groups in total. The highest BCUT2D eigenvalue weighted by molar-refractivity contribution is 14.0. The second-order valence-electron chi connectivity index (χ2n) is 6.61. The first kappa shape index (κ1) is 22.5. The summed E-state index contributed by atoms with van der Waals surface area (Å²) in [5.41, 5.74) is 3.35. The van der Waals surface area contributed by atoms with Crippen molar-refractivity contribution in [2.24, 2.45) is 4.99 Å². The van der Waals surface area contributed by atoms with Crippen LogP contribution >= 0.6 is 35.6 Å². The smallest absolute Gasteiger partial charge is 0.222 e. The first-order valence-corrected chi connectivity index (χ1v) is 9.57. The predicted molar refractivity (Wildman–Crippen MR) is 125 cm³/mol. The number of halogens is 2. The average molecular weight is 513 g/mol. The number of guanidine groups is 1. The van der Waals surface area contributed by atoms with Crippen molar-refractivity contribution in [3.05, 3.63) is 70.2 Å². The maximum Gasteiger partial charge on any atom is 0.222 e. The molecule has 2 aromatic rings. The standard InChI is InChI=1S/C21H25ClN4O.HI/c1-23-21(25-14-18-5-2-3-6-19(18)22)24-13-16-8-10-17(11-9-16)15-26-12-4-7-20(26)27;/h2-3,5-6,8-11H,4,7,12-15H2,1H3,(H2,23,24,25);1H. The lowest BCUT2D eigenvalue weighted by Gasteiger charge is -2.16. The fourth-order valence-electron chi connectivity index (χ4n) is 3.08. The van der Waals surface area contributed by atoms with Crippen LogP contribution in [0.2, 0.25) is 5.02 Å². The van der Waals surface area contributed by atoms with Crippen molar-refractivity contribution in [1.29, 1.82) is 0 Å². The Bertz CT molecular complexity index is 810. The average Bonchev–Trinajstić information content (AvgIpc) is 3.09. The molecule has 1 amide bonds. The topological polar surface area (TPSA) is 56.7 Å². The molecular formula is C21H26ClIN4O. The number of aliphatic imine (C=N–C) groups is 1. The number of benzene rings is 2. The number of hydrogen-bond donors (Lipinski definition) is 2. The zero-order valence-corrected chi connectivity index (χ0v) is 19.0. The van der Waals surface area contributed by atoms with Crippen LogP contribution in [0.3, 0.4) is 0 Å². The van der Waals surface area contributed by atoms with E-state index in [-0.39, 0.29) is 29.9 Å². The normalized spacial score (nSPS) is 14.0. The van der Waals surface area contributed by atoms with Crippen molar-refractivity contribution >= 4 is 47.4 Å². The first-order valence-electron chi connectivity index (χ1n) is 9.19. The van der Waals surface area contributed by atoms with E-state index in [1.807, 2.05) is 29.2 Å². The van der Waals surface area contributed by atoms with E-state index in [4.69, 9.17) is 11.6 Å². The number of likely N-dealkylation sites (tertiary alicyclic amines) is 1. The minimum atomic E-state index is 0. The van der Waals surface area contributed by atoms with Gasteiger partial charge in [-0.25, -0.2) is 0 Å². The van der Waals surface area contributed by atoms with Gasteiger partial charge >= 0.3 is 0 Å². The number of carbonyl (C=O) groups is 1. The van der Waals surface area contributed by atoms with Crippen molar-refractivity contribution < 1.29 is 4.79 Å². The Morgan fingerprint density at radius 2 is 1.75 bits per heavy atom. The third kappa shape index (κ3) is 6.38. The van der Waals surface area contributed by atoms with Gasteiger partial charge in [0.2, 0.25) is 5.91 Å². The molecule has 0 bridgehead atoms. The maximum absolute atomic E-state index is 11.7. The fraction of sp³-hybridized carbons (Fsp3) is 0.333. The molecule has 28 heavy (non-hydrogen) atoms. The lowest BCUT2D eigenvalue weighted by molar-refractivity contribution is -0.128. The summed E-state index contributed by atoms with van der Waals surface area (Å²) in [6.07, 6.45) is 1.66. The summed E-state index contributed by atoms with van der Waals surface area (Å²) in [5.74, 6) is 0.982. The van der Waals surface area contributed by atoms with Gasteiger partial charge in [0.1, 0.15) is 0 Å². The van der Waals surface area contributed by atoms with Gasteiger partial charge in [0, 0.05) is 44.7 Å². The molecule has 1 aliphatic rings. The highest BCUT2D eigenvalue weighted by atomic mass is 127. The summed E-state index contributed by atoms with van der Waals surface area (Å²) >= 11 is 6.18. The number of nitrogens with zero attached hydrogens (tertiary/aromatic N) is 2. The number of rotatable bonds is 6. The molecule has 0 radical (unpaired) electrons. The van der Waals surface area contributed by atoms with Crippen LogP contribution in [0.5, 0.6) is 0 Å². The molecule has 1 fully saturated rings. The Morgan fingerprint density at radius 3 is 2.39 bits per heavy atom. The Kier molecular flexibility index (Phi) is 9.05. The highest BCUT2D eigenvalue weighted by Crippen LogP contribution is 2.15. The Balaban J connectivity index is 0.00000280. The number of carbonyl (C=O) groups excluding carboxylic acids is 1. The number of hydrogen-bond acceptors (Lipinski definition) is 2. The molecule has 0 atom stereocenters. The van der Waals surface area contributed by atoms with Crippen molar-refractivity contribution in [2.45, 2.75) is 32.5 Å². The summed E-state index contributed by atoms with van der Waals surface area (Å²) < 4.78 is 0. The van der Waals surface area contributed by atoms with Crippen molar-refractivity contribution in [2.75, 3.05) is 13.6 Å². The molecule has 3 rings (SSSR count). The van der Waals surface area contributed by atoms with Gasteiger partial charge in [-0.15, -0.1) is 24.0 Å². The first-order chi connectivity index (χ1) is 13.2. The van der Waals surface area contributed by atoms with Gasteiger partial charge < -0.3 is 15.5 Å². The molecule has 1 heterocycles. The predicted octanol–water partition coefficient (Wildman–Crippen LogP) is 3.95. The van der Waals surface area contributed by atoms with Gasteiger partial charge in [-0.3, -0.25) is 9.79 Å². The summed E-state index contributed by atoms with van der Waals surface area (Å²) in [4.78, 5) is 17.9. The molecule has 0 spiro atoms. The largest absolute Gasteiger partial charge is 0.352 e. The van der Waals surface area contributed by atoms with Gasteiger partial charge in [0.15, 0.2) is 5.96 Å². The van der Waals surface area contributed by atoms with Gasteiger partial charge in [0.05, 0.1) is 0 Å². The van der Waals surface area contributed by atoms with E-state index in [1.54, 1.807) is 7.05 Å². The minimum Gasteiger partial charge on any atom is -0.352 e. The van der Waals surface area contributed by atoms with E-state index in [2.05, 4.69) is 39.9 Å². The summed E-state index contributed by atoms with van der Waals surface area (Å²) in [6.45, 7) is 2.86. The third-order valence-electron chi connectivity index (χ3n) is 4.66. The number of amides is 1. The fourth-order valence-corrected chi connectivity index (χ4v) is 3.28. The van der Waals surface area contributed by atoms with Crippen LogP contribution in [0, 0.1) is 0 Å². The van der Waals surface area contributed by atoms with Crippen molar-refractivity contribution in [3.63, 3.8) is 0 Å². The molecule has 0 aromatic heterocycles. The quantitative estimate of drug-likeness (QED) is 0.350. The molecule has 0 unspecified atom stereocenters. The van der Waals surface area contributed by atoms with Crippen LogP contribution in [0.1, 0.15) is 29.5 Å². The Labute approximate surface area is 188 Å². The van der Waals surface area contributed by atoms with Gasteiger partial charge in [-0.05, 0) is 29.2 Å². The van der Waals surface area contributed by atoms with Crippen LogP contribution in [0.15, 0.2) is 53.5 Å². The van der Waals surface area contributed by atoms with Gasteiger partial charge in [-0.2, -0.15) is 0 Å². The Hall–Kier alpha value is -1.80. The van der Waals surface area contributed by atoms with Crippen molar-refractivity contribution in [1.82, 2.24) is 15.5 Å².